The Morgan fingerprint density at radius 2 is 1.75 bits per heavy atom. The minimum atomic E-state index is -3.68. The van der Waals surface area contributed by atoms with E-state index in [4.69, 9.17) is 5.73 Å². The molecule has 6 nitrogen and oxygen atoms in total. The number of nitrogens with zero attached hydrogens (tertiary/aromatic N) is 2. The predicted octanol–water partition coefficient (Wildman–Crippen LogP) is 2.07. The molecule has 0 spiro atoms. The number of thiophene rings is 1. The first-order chi connectivity index (χ1) is 9.56. The fourth-order valence-electron chi connectivity index (χ4n) is 1.68. The second-order valence-electron chi connectivity index (χ2n) is 3.98. The average Bonchev–Trinajstić information content (AvgIpc) is 2.94. The molecule has 0 fully saturated rings. The van der Waals surface area contributed by atoms with Gasteiger partial charge in [-0.3, -0.25) is 4.72 Å². The fraction of sp³-hybridized carbons (Fsp3) is 0. The summed E-state index contributed by atoms with van der Waals surface area (Å²) >= 11 is 1.12. The van der Waals surface area contributed by atoms with E-state index >= 15 is 0 Å². The van der Waals surface area contributed by atoms with Gasteiger partial charge < -0.3 is 5.73 Å². The molecule has 0 amide bonds. The molecule has 0 radical (unpaired) electrons. The Balaban J connectivity index is 2.05. The van der Waals surface area contributed by atoms with Crippen LogP contribution >= 0.6 is 11.3 Å². The lowest BCUT2D eigenvalue weighted by molar-refractivity contribution is 0.603. The number of nitrogens with two attached hydrogens (primary N) is 1. The number of para-hydroxylation sites is 2. The number of sulfonamides is 1. The largest absolute Gasteiger partial charge is 0.381 e. The summed E-state index contributed by atoms with van der Waals surface area (Å²) in [6, 6.07) is 10.3. The van der Waals surface area contributed by atoms with Gasteiger partial charge in [-0.15, -0.1) is 11.3 Å². The molecular weight excluding hydrogens is 296 g/mol. The van der Waals surface area contributed by atoms with Crippen LogP contribution in [-0.4, -0.2) is 18.4 Å². The third kappa shape index (κ3) is 2.30. The van der Waals surface area contributed by atoms with Crippen LogP contribution in [0.15, 0.2) is 46.0 Å². The molecule has 3 N–H and O–H groups in total. The van der Waals surface area contributed by atoms with Gasteiger partial charge >= 0.3 is 0 Å². The molecular formula is C12H10N4O2S2. The molecule has 0 atom stereocenters. The van der Waals surface area contributed by atoms with Gasteiger partial charge in [0.05, 0.1) is 11.0 Å². The number of benzene rings is 1. The monoisotopic (exact) mass is 306 g/mol. The zero-order valence-electron chi connectivity index (χ0n) is 10.1. The number of rotatable bonds is 3. The maximum Gasteiger partial charge on any atom is 0.272 e. The number of aromatic nitrogens is 2. The minimum absolute atomic E-state index is 0.0390. The first-order valence-electron chi connectivity index (χ1n) is 5.65. The van der Waals surface area contributed by atoms with Crippen LogP contribution in [0.4, 0.5) is 11.6 Å². The topological polar surface area (TPSA) is 98.0 Å². The summed E-state index contributed by atoms with van der Waals surface area (Å²) < 4.78 is 26.8. The number of hydrogen-bond donors (Lipinski definition) is 2. The van der Waals surface area contributed by atoms with Crippen molar-refractivity contribution in [3.63, 3.8) is 0 Å². The van der Waals surface area contributed by atoms with Gasteiger partial charge in [0.25, 0.3) is 10.0 Å². The van der Waals surface area contributed by atoms with Crippen molar-refractivity contribution in [1.82, 2.24) is 9.97 Å². The smallest absolute Gasteiger partial charge is 0.272 e. The molecule has 0 aliphatic rings. The second-order valence-corrected chi connectivity index (χ2v) is 6.84. The van der Waals surface area contributed by atoms with Crippen molar-refractivity contribution in [3.05, 3.63) is 41.8 Å². The Morgan fingerprint density at radius 1 is 1.05 bits per heavy atom. The zero-order chi connectivity index (χ0) is 14.2. The SMILES string of the molecule is Nc1nc2ccccc2nc1NS(=O)(=O)c1cccs1. The van der Waals surface area contributed by atoms with Crippen LogP contribution in [0.3, 0.4) is 0 Å². The number of nitrogens with one attached hydrogen (secondary N) is 1. The lowest BCUT2D eigenvalue weighted by Crippen LogP contribution is -2.14. The maximum atomic E-state index is 12.1. The van der Waals surface area contributed by atoms with Crippen molar-refractivity contribution in [2.45, 2.75) is 4.21 Å². The van der Waals surface area contributed by atoms with Gasteiger partial charge in [-0.1, -0.05) is 18.2 Å². The van der Waals surface area contributed by atoms with E-state index in [0.29, 0.717) is 11.0 Å². The second kappa shape index (κ2) is 4.73. The molecule has 0 saturated carbocycles. The normalized spacial score (nSPS) is 11.6. The molecule has 8 heteroatoms. The highest BCUT2D eigenvalue weighted by molar-refractivity contribution is 7.94. The van der Waals surface area contributed by atoms with Crippen molar-refractivity contribution in [1.29, 1.82) is 0 Å². The molecule has 2 aromatic heterocycles. The lowest BCUT2D eigenvalue weighted by Gasteiger charge is -2.08. The van der Waals surface area contributed by atoms with E-state index in [2.05, 4.69) is 14.7 Å². The van der Waals surface area contributed by atoms with E-state index in [-0.39, 0.29) is 15.8 Å². The maximum absolute atomic E-state index is 12.1. The highest BCUT2D eigenvalue weighted by atomic mass is 32.2. The van der Waals surface area contributed by atoms with E-state index in [0.717, 1.165) is 11.3 Å². The standard InChI is InChI=1S/C12H10N4O2S2/c13-11-12(15-9-5-2-1-4-8(9)14-11)16-20(17,18)10-6-3-7-19-10/h1-7H,(H2,13,14)(H,15,16). The van der Waals surface area contributed by atoms with Gasteiger partial charge in [0, 0.05) is 0 Å². The van der Waals surface area contributed by atoms with Crippen molar-refractivity contribution in [2.75, 3.05) is 10.5 Å². The van der Waals surface area contributed by atoms with Crippen LogP contribution in [0, 0.1) is 0 Å². The summed E-state index contributed by atoms with van der Waals surface area (Å²) in [7, 11) is -3.68. The van der Waals surface area contributed by atoms with Crippen LogP contribution < -0.4 is 10.5 Å². The Hall–Kier alpha value is -2.19. The van der Waals surface area contributed by atoms with Gasteiger partial charge in [-0.25, -0.2) is 18.4 Å². The van der Waals surface area contributed by atoms with E-state index in [1.54, 1.807) is 29.6 Å². The third-order valence-electron chi connectivity index (χ3n) is 2.59. The molecule has 1 aromatic carbocycles. The van der Waals surface area contributed by atoms with Crippen molar-refractivity contribution < 1.29 is 8.42 Å². The zero-order valence-corrected chi connectivity index (χ0v) is 11.8. The molecule has 20 heavy (non-hydrogen) atoms. The summed E-state index contributed by atoms with van der Waals surface area (Å²) in [5.74, 6) is 0.0842. The lowest BCUT2D eigenvalue weighted by atomic mass is 10.3. The van der Waals surface area contributed by atoms with Gasteiger partial charge in [0.2, 0.25) is 0 Å². The molecule has 2 heterocycles. The summed E-state index contributed by atoms with van der Waals surface area (Å²) in [4.78, 5) is 8.33. The molecule has 3 rings (SSSR count). The van der Waals surface area contributed by atoms with Gasteiger partial charge in [0.15, 0.2) is 11.6 Å². The number of nitrogen functional groups attached to an aromatic ring is 1. The predicted molar refractivity (Wildman–Crippen MR) is 79.1 cm³/mol. The van der Waals surface area contributed by atoms with Crippen LogP contribution in [0.1, 0.15) is 0 Å². The molecule has 102 valence electrons. The van der Waals surface area contributed by atoms with Crippen LogP contribution in [0.2, 0.25) is 0 Å². The van der Waals surface area contributed by atoms with Crippen LogP contribution in [-0.2, 0) is 10.0 Å². The Labute approximate surface area is 119 Å². The van der Waals surface area contributed by atoms with E-state index in [9.17, 15) is 8.42 Å². The van der Waals surface area contributed by atoms with Crippen molar-refractivity contribution >= 4 is 44.0 Å². The molecule has 0 aliphatic carbocycles. The van der Waals surface area contributed by atoms with E-state index in [1.165, 1.54) is 6.07 Å². The molecule has 0 aliphatic heterocycles. The van der Waals surface area contributed by atoms with Crippen LogP contribution in [0.5, 0.6) is 0 Å². The Kier molecular flexibility index (Phi) is 3.03. The Morgan fingerprint density at radius 3 is 2.40 bits per heavy atom. The number of fused-ring (bicyclic) bond motifs is 1. The summed E-state index contributed by atoms with van der Waals surface area (Å²) in [5.41, 5.74) is 6.94. The average molecular weight is 306 g/mol. The highest BCUT2D eigenvalue weighted by Gasteiger charge is 2.18. The molecule has 0 unspecified atom stereocenters. The summed E-state index contributed by atoms with van der Waals surface area (Å²) in [6.45, 7) is 0. The first-order valence-corrected chi connectivity index (χ1v) is 8.01. The quantitative estimate of drug-likeness (QED) is 0.772. The van der Waals surface area contributed by atoms with Gasteiger partial charge in [0.1, 0.15) is 4.21 Å². The van der Waals surface area contributed by atoms with Crippen molar-refractivity contribution in [3.8, 4) is 0 Å². The van der Waals surface area contributed by atoms with E-state index < -0.39 is 10.0 Å². The van der Waals surface area contributed by atoms with Gasteiger partial charge in [-0.2, -0.15) is 0 Å². The highest BCUT2D eigenvalue weighted by Crippen LogP contribution is 2.23. The Bertz CT molecular complexity index is 860. The van der Waals surface area contributed by atoms with Crippen LogP contribution in [0.25, 0.3) is 11.0 Å². The molecule has 0 bridgehead atoms. The summed E-state index contributed by atoms with van der Waals surface area (Å²) in [5, 5.41) is 1.68. The minimum Gasteiger partial charge on any atom is -0.381 e. The number of anilines is 2. The van der Waals surface area contributed by atoms with E-state index in [1.807, 2.05) is 6.07 Å². The third-order valence-corrected chi connectivity index (χ3v) is 5.32. The fourth-order valence-corrected chi connectivity index (χ4v) is 3.69. The summed E-state index contributed by atoms with van der Waals surface area (Å²) in [6.07, 6.45) is 0. The first kappa shape index (κ1) is 12.8. The molecule has 3 aromatic rings. The molecule has 0 saturated heterocycles. The van der Waals surface area contributed by atoms with Crippen molar-refractivity contribution in [2.24, 2.45) is 0 Å². The van der Waals surface area contributed by atoms with Gasteiger partial charge in [-0.05, 0) is 23.6 Å². The number of hydrogen-bond acceptors (Lipinski definition) is 6.